The van der Waals surface area contributed by atoms with Crippen LogP contribution in [0, 0.1) is 5.92 Å². The first-order valence-corrected chi connectivity index (χ1v) is 12.4. The average Bonchev–Trinajstić information content (AvgIpc) is 3.47. The predicted molar refractivity (Wildman–Crippen MR) is 129 cm³/mol. The van der Waals surface area contributed by atoms with Crippen molar-refractivity contribution in [1.82, 2.24) is 25.7 Å². The standard InChI is InChI=1S/C26H36FN5O/c1-4-16-12-18(33)7-8-19(16)20-9-10-21-24(23(20)27)30-31-25(21)26-28-13-22(29-26)17-6-5-11-32(14-17)15(2)3/h6-8,12-13,15,20-21,23-25,30-31,33H,4-5,9-11,14H2,1-3H3,(H,28,29). The van der Waals surface area contributed by atoms with Crippen LogP contribution in [0.2, 0.25) is 0 Å². The molecule has 1 aliphatic carbocycles. The summed E-state index contributed by atoms with van der Waals surface area (Å²) < 4.78 is 15.8. The quantitative estimate of drug-likeness (QED) is 0.545. The van der Waals surface area contributed by atoms with Crippen LogP contribution in [0.3, 0.4) is 0 Å². The van der Waals surface area contributed by atoms with E-state index in [0.717, 1.165) is 61.4 Å². The van der Waals surface area contributed by atoms with Gasteiger partial charge in [0, 0.05) is 31.0 Å². The number of rotatable bonds is 5. The molecule has 5 unspecified atom stereocenters. The SMILES string of the molecule is CCc1cc(O)ccc1C1CCC2C(c3ncc(C4=CCCN(C(C)C)C4)[nH]3)NNC2C1F. The largest absolute Gasteiger partial charge is 0.508 e. The van der Waals surface area contributed by atoms with Crippen LogP contribution < -0.4 is 10.9 Å². The fraction of sp³-hybridized carbons (Fsp3) is 0.577. The van der Waals surface area contributed by atoms with Gasteiger partial charge >= 0.3 is 0 Å². The lowest BCUT2D eigenvalue weighted by atomic mass is 9.71. The maximum Gasteiger partial charge on any atom is 0.125 e. The molecule has 2 aromatic rings. The zero-order valence-corrected chi connectivity index (χ0v) is 19.8. The van der Waals surface area contributed by atoms with Gasteiger partial charge in [-0.1, -0.05) is 19.1 Å². The van der Waals surface area contributed by atoms with E-state index in [-0.39, 0.29) is 29.7 Å². The number of halogens is 1. The van der Waals surface area contributed by atoms with Crippen LogP contribution in [-0.4, -0.2) is 51.3 Å². The summed E-state index contributed by atoms with van der Waals surface area (Å²) in [6, 6.07) is 5.60. The number of aryl methyl sites for hydroxylation is 1. The zero-order chi connectivity index (χ0) is 23.1. The summed E-state index contributed by atoms with van der Waals surface area (Å²) in [7, 11) is 0. The Bertz CT molecular complexity index is 1020. The average molecular weight is 454 g/mol. The highest BCUT2D eigenvalue weighted by atomic mass is 19.1. The number of hydrogen-bond donors (Lipinski definition) is 4. The third-order valence-corrected chi connectivity index (χ3v) is 7.89. The second kappa shape index (κ2) is 9.20. The number of alkyl halides is 1. The van der Waals surface area contributed by atoms with Gasteiger partial charge in [-0.25, -0.2) is 14.8 Å². The number of nitrogens with one attached hydrogen (secondary N) is 3. The minimum atomic E-state index is -0.994. The molecular weight excluding hydrogens is 417 g/mol. The van der Waals surface area contributed by atoms with Gasteiger partial charge < -0.3 is 10.1 Å². The summed E-state index contributed by atoms with van der Waals surface area (Å²) >= 11 is 0. The molecular formula is C26H36FN5O. The number of aromatic amines is 1. The van der Waals surface area contributed by atoms with Crippen LogP contribution in [0.1, 0.15) is 74.6 Å². The molecule has 6 nitrogen and oxygen atoms in total. The Labute approximate surface area is 195 Å². The van der Waals surface area contributed by atoms with Crippen LogP contribution in [0.4, 0.5) is 4.39 Å². The zero-order valence-electron chi connectivity index (χ0n) is 19.8. The van der Waals surface area contributed by atoms with Crippen molar-refractivity contribution in [3.05, 3.63) is 53.1 Å². The molecule has 1 saturated heterocycles. The van der Waals surface area contributed by atoms with Crippen molar-refractivity contribution < 1.29 is 9.50 Å². The monoisotopic (exact) mass is 453 g/mol. The van der Waals surface area contributed by atoms with Crippen molar-refractivity contribution in [2.75, 3.05) is 13.1 Å². The number of aromatic hydroxyl groups is 1. The highest BCUT2D eigenvalue weighted by Crippen LogP contribution is 2.45. The Kier molecular flexibility index (Phi) is 6.29. The van der Waals surface area contributed by atoms with E-state index < -0.39 is 6.17 Å². The van der Waals surface area contributed by atoms with Crippen molar-refractivity contribution in [1.29, 1.82) is 0 Å². The van der Waals surface area contributed by atoms with E-state index in [1.54, 1.807) is 12.1 Å². The number of benzene rings is 1. The number of phenols is 1. The number of hydrogen-bond acceptors (Lipinski definition) is 5. The Morgan fingerprint density at radius 3 is 2.88 bits per heavy atom. The number of phenolic OH excluding ortho intramolecular Hbond substituents is 1. The molecule has 5 atom stereocenters. The van der Waals surface area contributed by atoms with E-state index in [4.69, 9.17) is 4.98 Å². The van der Waals surface area contributed by atoms with Crippen molar-refractivity contribution in [2.45, 2.75) is 76.7 Å². The van der Waals surface area contributed by atoms with Gasteiger partial charge in [0.2, 0.25) is 0 Å². The van der Waals surface area contributed by atoms with Crippen molar-refractivity contribution in [2.24, 2.45) is 5.92 Å². The molecule has 0 radical (unpaired) electrons. The minimum absolute atomic E-state index is 0.0289. The molecule has 3 heterocycles. The summed E-state index contributed by atoms with van der Waals surface area (Å²) in [4.78, 5) is 10.7. The van der Waals surface area contributed by atoms with E-state index in [1.165, 1.54) is 5.57 Å². The minimum Gasteiger partial charge on any atom is -0.508 e. The molecule has 7 heteroatoms. The molecule has 5 rings (SSSR count). The first-order valence-electron chi connectivity index (χ1n) is 12.4. The molecule has 2 fully saturated rings. The maximum absolute atomic E-state index is 15.8. The van der Waals surface area contributed by atoms with Gasteiger partial charge in [-0.15, -0.1) is 0 Å². The molecule has 2 aliphatic heterocycles. The van der Waals surface area contributed by atoms with Crippen LogP contribution in [-0.2, 0) is 6.42 Å². The fourth-order valence-corrected chi connectivity index (χ4v) is 5.97. The molecule has 0 bridgehead atoms. The van der Waals surface area contributed by atoms with E-state index in [9.17, 15) is 5.11 Å². The summed E-state index contributed by atoms with van der Waals surface area (Å²) in [6.45, 7) is 8.56. The second-order valence-electron chi connectivity index (χ2n) is 10.1. The molecule has 4 N–H and O–H groups in total. The van der Waals surface area contributed by atoms with Gasteiger partial charge in [-0.2, -0.15) is 0 Å². The molecule has 3 aliphatic rings. The van der Waals surface area contributed by atoms with Crippen LogP contribution >= 0.6 is 0 Å². The lowest BCUT2D eigenvalue weighted by Gasteiger charge is -2.36. The number of imidazole rings is 1. The Morgan fingerprint density at radius 2 is 2.09 bits per heavy atom. The normalized spacial score (nSPS) is 30.5. The Hall–Kier alpha value is -2.22. The molecule has 0 spiro atoms. The molecule has 0 amide bonds. The maximum atomic E-state index is 15.8. The summed E-state index contributed by atoms with van der Waals surface area (Å²) in [5.41, 5.74) is 11.0. The van der Waals surface area contributed by atoms with Gasteiger partial charge in [-0.3, -0.25) is 10.3 Å². The van der Waals surface area contributed by atoms with Gasteiger partial charge in [0.25, 0.3) is 0 Å². The second-order valence-corrected chi connectivity index (χ2v) is 10.1. The van der Waals surface area contributed by atoms with E-state index in [0.29, 0.717) is 6.04 Å². The molecule has 1 saturated carbocycles. The molecule has 1 aromatic carbocycles. The molecule has 33 heavy (non-hydrogen) atoms. The number of fused-ring (bicyclic) bond motifs is 1. The number of H-pyrrole nitrogens is 1. The topological polar surface area (TPSA) is 76.2 Å². The van der Waals surface area contributed by atoms with Crippen molar-refractivity contribution >= 4 is 5.57 Å². The van der Waals surface area contributed by atoms with Crippen LogP contribution in [0.5, 0.6) is 5.75 Å². The van der Waals surface area contributed by atoms with Gasteiger partial charge in [-0.05, 0) is 68.4 Å². The predicted octanol–water partition coefficient (Wildman–Crippen LogP) is 4.22. The van der Waals surface area contributed by atoms with Crippen molar-refractivity contribution in [3.63, 3.8) is 0 Å². The Morgan fingerprint density at radius 1 is 1.24 bits per heavy atom. The number of nitrogens with zero attached hydrogens (tertiary/aromatic N) is 2. The first kappa shape index (κ1) is 22.6. The smallest absolute Gasteiger partial charge is 0.125 e. The first-order chi connectivity index (χ1) is 16.0. The van der Waals surface area contributed by atoms with Crippen molar-refractivity contribution in [3.8, 4) is 5.75 Å². The number of hydrazine groups is 1. The van der Waals surface area contributed by atoms with E-state index in [2.05, 4.69) is 47.6 Å². The van der Waals surface area contributed by atoms with Gasteiger partial charge in [0.1, 0.15) is 17.7 Å². The Balaban J connectivity index is 1.31. The van der Waals surface area contributed by atoms with Gasteiger partial charge in [0.15, 0.2) is 0 Å². The lowest BCUT2D eigenvalue weighted by Crippen LogP contribution is -2.45. The molecule has 178 valence electrons. The molecule has 1 aromatic heterocycles. The number of aromatic nitrogens is 2. The third-order valence-electron chi connectivity index (χ3n) is 7.89. The highest BCUT2D eigenvalue weighted by Gasteiger charge is 2.48. The van der Waals surface area contributed by atoms with Crippen LogP contribution in [0.25, 0.3) is 5.57 Å². The third kappa shape index (κ3) is 4.22. The highest BCUT2D eigenvalue weighted by molar-refractivity contribution is 5.64. The fourth-order valence-electron chi connectivity index (χ4n) is 5.97. The van der Waals surface area contributed by atoms with E-state index in [1.807, 2.05) is 12.3 Å². The summed E-state index contributed by atoms with van der Waals surface area (Å²) in [5.74, 6) is 1.12. The lowest BCUT2D eigenvalue weighted by molar-refractivity contribution is 0.135. The summed E-state index contributed by atoms with van der Waals surface area (Å²) in [6.07, 6.45) is 6.80. The van der Waals surface area contributed by atoms with Gasteiger partial charge in [0.05, 0.1) is 24.0 Å². The van der Waals surface area contributed by atoms with E-state index >= 15 is 4.39 Å². The summed E-state index contributed by atoms with van der Waals surface area (Å²) in [5, 5.41) is 9.85. The van der Waals surface area contributed by atoms with Crippen LogP contribution in [0.15, 0.2) is 30.5 Å².